The highest BCUT2D eigenvalue weighted by Crippen LogP contribution is 2.33. The molecule has 0 bridgehead atoms. The van der Waals surface area contributed by atoms with Crippen LogP contribution in [0.4, 0.5) is 10.2 Å². The van der Waals surface area contributed by atoms with Crippen LogP contribution >= 0.6 is 0 Å². The van der Waals surface area contributed by atoms with Crippen LogP contribution in [0.5, 0.6) is 5.75 Å². The van der Waals surface area contributed by atoms with Crippen LogP contribution in [-0.4, -0.2) is 40.4 Å². The van der Waals surface area contributed by atoms with Gasteiger partial charge in [0.25, 0.3) is 0 Å². The van der Waals surface area contributed by atoms with Crippen LogP contribution in [0.3, 0.4) is 0 Å². The van der Waals surface area contributed by atoms with E-state index >= 15 is 0 Å². The number of nitrogens with one attached hydrogen (secondary N) is 1. The van der Waals surface area contributed by atoms with E-state index in [0.29, 0.717) is 16.9 Å². The maximum atomic E-state index is 14.3. The molecule has 1 aromatic carbocycles. The molecule has 0 aliphatic rings. The van der Waals surface area contributed by atoms with E-state index in [1.165, 1.54) is 12.4 Å². The fourth-order valence-electron chi connectivity index (χ4n) is 2.39. The lowest BCUT2D eigenvalue weighted by Gasteiger charge is -2.13. The van der Waals surface area contributed by atoms with Gasteiger partial charge in [-0.05, 0) is 32.0 Å². The maximum absolute atomic E-state index is 14.3. The fourth-order valence-corrected chi connectivity index (χ4v) is 2.39. The predicted molar refractivity (Wildman–Crippen MR) is 87.2 cm³/mol. The quantitative estimate of drug-likeness (QED) is 0.801. The molecule has 0 aliphatic heterocycles. The summed E-state index contributed by atoms with van der Waals surface area (Å²) >= 11 is 0. The van der Waals surface area contributed by atoms with E-state index < -0.39 is 5.82 Å². The van der Waals surface area contributed by atoms with Gasteiger partial charge in [-0.25, -0.2) is 14.4 Å². The van der Waals surface area contributed by atoms with Gasteiger partial charge < -0.3 is 9.64 Å². The molecule has 0 radical (unpaired) electrons. The standard InChI is InChI=1S/C16H18FN5O/c1-9(2)23-12-6-5-10(7-11(12)17)14-13-15(21-20-14)18-8-19-16(13)22(3)4/h5-9H,1-4H3,(H,18,19,20,21). The Bertz CT molecular complexity index is 844. The Kier molecular flexibility index (Phi) is 3.85. The van der Waals surface area contributed by atoms with Crippen molar-refractivity contribution in [2.24, 2.45) is 0 Å². The Hall–Kier alpha value is -2.70. The summed E-state index contributed by atoms with van der Waals surface area (Å²) < 4.78 is 19.7. The highest BCUT2D eigenvalue weighted by molar-refractivity contribution is 5.98. The molecule has 0 unspecified atom stereocenters. The van der Waals surface area contributed by atoms with Gasteiger partial charge in [-0.15, -0.1) is 0 Å². The van der Waals surface area contributed by atoms with Crippen LogP contribution in [0.15, 0.2) is 24.5 Å². The van der Waals surface area contributed by atoms with Gasteiger partial charge in [-0.1, -0.05) is 0 Å². The predicted octanol–water partition coefficient (Wildman–Crippen LogP) is 3.01. The second-order valence-corrected chi connectivity index (χ2v) is 5.70. The zero-order valence-corrected chi connectivity index (χ0v) is 13.5. The molecule has 6 nitrogen and oxygen atoms in total. The van der Waals surface area contributed by atoms with Crippen molar-refractivity contribution in [3.05, 3.63) is 30.3 Å². The molecule has 0 saturated carbocycles. The highest BCUT2D eigenvalue weighted by Gasteiger charge is 2.17. The van der Waals surface area contributed by atoms with E-state index in [0.717, 1.165) is 11.2 Å². The average Bonchev–Trinajstić information content (AvgIpc) is 2.92. The van der Waals surface area contributed by atoms with Crippen molar-refractivity contribution in [2.45, 2.75) is 20.0 Å². The highest BCUT2D eigenvalue weighted by atomic mass is 19.1. The molecule has 0 atom stereocenters. The molecule has 7 heteroatoms. The molecule has 23 heavy (non-hydrogen) atoms. The van der Waals surface area contributed by atoms with E-state index in [4.69, 9.17) is 4.74 Å². The zero-order valence-electron chi connectivity index (χ0n) is 13.5. The van der Waals surface area contributed by atoms with Crippen molar-refractivity contribution in [1.82, 2.24) is 20.2 Å². The molecule has 3 aromatic rings. The Morgan fingerprint density at radius 3 is 2.65 bits per heavy atom. The summed E-state index contributed by atoms with van der Waals surface area (Å²) in [6, 6.07) is 4.81. The number of benzene rings is 1. The second kappa shape index (κ2) is 5.83. The van der Waals surface area contributed by atoms with Gasteiger partial charge in [-0.3, -0.25) is 5.10 Å². The molecule has 2 heterocycles. The number of ether oxygens (including phenoxy) is 1. The average molecular weight is 315 g/mol. The second-order valence-electron chi connectivity index (χ2n) is 5.70. The van der Waals surface area contributed by atoms with Crippen LogP contribution in [0.2, 0.25) is 0 Å². The minimum Gasteiger partial charge on any atom is -0.488 e. The number of fused-ring (bicyclic) bond motifs is 1. The molecular formula is C16H18FN5O. The molecule has 0 fully saturated rings. The van der Waals surface area contributed by atoms with Gasteiger partial charge >= 0.3 is 0 Å². The summed E-state index contributed by atoms with van der Waals surface area (Å²) in [5.41, 5.74) is 1.86. The smallest absolute Gasteiger partial charge is 0.165 e. The Morgan fingerprint density at radius 2 is 2.00 bits per heavy atom. The topological polar surface area (TPSA) is 66.9 Å². The molecular weight excluding hydrogens is 297 g/mol. The van der Waals surface area contributed by atoms with E-state index in [9.17, 15) is 4.39 Å². The van der Waals surface area contributed by atoms with Crippen LogP contribution in [0.1, 0.15) is 13.8 Å². The molecule has 0 saturated heterocycles. The van der Waals surface area contributed by atoms with E-state index in [-0.39, 0.29) is 11.9 Å². The number of rotatable bonds is 4. The number of H-pyrrole nitrogens is 1. The third-order valence-electron chi connectivity index (χ3n) is 3.33. The summed E-state index contributed by atoms with van der Waals surface area (Å²) in [4.78, 5) is 10.3. The number of anilines is 1. The third-order valence-corrected chi connectivity index (χ3v) is 3.33. The van der Waals surface area contributed by atoms with Crippen molar-refractivity contribution < 1.29 is 9.13 Å². The van der Waals surface area contributed by atoms with Gasteiger partial charge in [0.1, 0.15) is 17.8 Å². The summed E-state index contributed by atoms with van der Waals surface area (Å²) in [6.07, 6.45) is 1.38. The lowest BCUT2D eigenvalue weighted by atomic mass is 10.1. The Balaban J connectivity index is 2.12. The van der Waals surface area contributed by atoms with Crippen molar-refractivity contribution >= 4 is 16.9 Å². The van der Waals surface area contributed by atoms with Gasteiger partial charge in [0.15, 0.2) is 17.2 Å². The van der Waals surface area contributed by atoms with Crippen molar-refractivity contribution in [2.75, 3.05) is 19.0 Å². The van der Waals surface area contributed by atoms with Gasteiger partial charge in [0, 0.05) is 19.7 Å². The summed E-state index contributed by atoms with van der Waals surface area (Å²) in [6.45, 7) is 3.71. The number of nitrogens with zero attached hydrogens (tertiary/aromatic N) is 4. The monoisotopic (exact) mass is 315 g/mol. The molecule has 2 aromatic heterocycles. The first-order valence-corrected chi connectivity index (χ1v) is 7.30. The first kappa shape index (κ1) is 15.2. The minimum atomic E-state index is -0.421. The largest absolute Gasteiger partial charge is 0.488 e. The first-order chi connectivity index (χ1) is 11.0. The molecule has 3 rings (SSSR count). The van der Waals surface area contributed by atoms with Gasteiger partial charge in [0.2, 0.25) is 0 Å². The Morgan fingerprint density at radius 1 is 1.22 bits per heavy atom. The van der Waals surface area contributed by atoms with Crippen LogP contribution in [0.25, 0.3) is 22.3 Å². The van der Waals surface area contributed by atoms with Crippen molar-refractivity contribution in [3.8, 4) is 17.0 Å². The molecule has 0 spiro atoms. The van der Waals surface area contributed by atoms with E-state index in [2.05, 4.69) is 20.2 Å². The van der Waals surface area contributed by atoms with Crippen LogP contribution in [-0.2, 0) is 0 Å². The molecule has 1 N–H and O–H groups in total. The normalized spacial score (nSPS) is 11.2. The third kappa shape index (κ3) is 2.81. The molecule has 120 valence electrons. The first-order valence-electron chi connectivity index (χ1n) is 7.30. The minimum absolute atomic E-state index is 0.0877. The summed E-state index contributed by atoms with van der Waals surface area (Å²) in [7, 11) is 3.78. The summed E-state index contributed by atoms with van der Waals surface area (Å²) in [5, 5.41) is 7.90. The number of aromatic nitrogens is 4. The number of aromatic amines is 1. The van der Waals surface area contributed by atoms with Crippen LogP contribution in [0, 0.1) is 5.82 Å². The van der Waals surface area contributed by atoms with E-state index in [1.54, 1.807) is 12.1 Å². The zero-order chi connectivity index (χ0) is 16.6. The molecule has 0 amide bonds. The van der Waals surface area contributed by atoms with E-state index in [1.807, 2.05) is 32.8 Å². The van der Waals surface area contributed by atoms with Gasteiger partial charge in [0.05, 0.1) is 11.5 Å². The van der Waals surface area contributed by atoms with Crippen molar-refractivity contribution in [3.63, 3.8) is 0 Å². The fraction of sp³-hybridized carbons (Fsp3) is 0.312. The number of halogens is 1. The van der Waals surface area contributed by atoms with Crippen molar-refractivity contribution in [1.29, 1.82) is 0 Å². The number of hydrogen-bond donors (Lipinski definition) is 1. The Labute approximate surface area is 133 Å². The van der Waals surface area contributed by atoms with Gasteiger partial charge in [-0.2, -0.15) is 5.10 Å². The van der Waals surface area contributed by atoms with Crippen LogP contribution < -0.4 is 9.64 Å². The molecule has 0 aliphatic carbocycles. The maximum Gasteiger partial charge on any atom is 0.165 e. The number of hydrogen-bond acceptors (Lipinski definition) is 5. The SMILES string of the molecule is CC(C)Oc1ccc(-c2n[nH]c3ncnc(N(C)C)c23)cc1F. The lowest BCUT2D eigenvalue weighted by molar-refractivity contribution is 0.231. The lowest BCUT2D eigenvalue weighted by Crippen LogP contribution is -2.11. The summed E-state index contributed by atoms with van der Waals surface area (Å²) in [5.74, 6) is 0.532.